The average molecular weight is 260 g/mol. The van der Waals surface area contributed by atoms with Crippen molar-refractivity contribution in [2.24, 2.45) is 0 Å². The van der Waals surface area contributed by atoms with Crippen molar-refractivity contribution >= 4 is 0 Å². The molecule has 0 unspecified atom stereocenters. The van der Waals surface area contributed by atoms with E-state index >= 15 is 0 Å². The highest BCUT2D eigenvalue weighted by atomic mass is 16.5. The number of aryl methyl sites for hydroxylation is 1. The van der Waals surface area contributed by atoms with E-state index in [0.29, 0.717) is 13.2 Å². The number of benzene rings is 1. The fraction of sp³-hybridized carbons (Fsp3) is 0.400. The SMILES string of the molecule is CCOc1ccc(-c2nccn2CC)c(OCC)c1. The summed E-state index contributed by atoms with van der Waals surface area (Å²) in [5.74, 6) is 2.56. The third kappa shape index (κ3) is 2.89. The second kappa shape index (κ2) is 6.27. The largest absolute Gasteiger partial charge is 0.494 e. The standard InChI is InChI=1S/C15H20N2O2/c1-4-17-10-9-16-15(17)13-8-7-12(18-5-2)11-14(13)19-6-3/h7-11H,4-6H2,1-3H3. The third-order valence-electron chi connectivity index (χ3n) is 2.86. The fourth-order valence-electron chi connectivity index (χ4n) is 2.03. The number of ether oxygens (including phenoxy) is 2. The molecule has 1 heterocycles. The van der Waals surface area contributed by atoms with Crippen LogP contribution in [0.1, 0.15) is 20.8 Å². The first-order chi connectivity index (χ1) is 9.30. The molecule has 0 radical (unpaired) electrons. The van der Waals surface area contributed by atoms with Gasteiger partial charge >= 0.3 is 0 Å². The predicted molar refractivity (Wildman–Crippen MR) is 75.7 cm³/mol. The van der Waals surface area contributed by atoms with Crippen molar-refractivity contribution in [3.63, 3.8) is 0 Å². The van der Waals surface area contributed by atoms with E-state index in [1.165, 1.54) is 0 Å². The van der Waals surface area contributed by atoms with Crippen LogP contribution in [0.4, 0.5) is 0 Å². The first kappa shape index (κ1) is 13.5. The molecule has 2 aromatic rings. The number of rotatable bonds is 6. The van der Waals surface area contributed by atoms with Gasteiger partial charge in [-0.05, 0) is 32.9 Å². The van der Waals surface area contributed by atoms with E-state index in [4.69, 9.17) is 9.47 Å². The van der Waals surface area contributed by atoms with E-state index < -0.39 is 0 Å². The first-order valence-corrected chi connectivity index (χ1v) is 6.71. The smallest absolute Gasteiger partial charge is 0.143 e. The molecule has 4 nitrogen and oxygen atoms in total. The highest BCUT2D eigenvalue weighted by molar-refractivity contribution is 5.66. The minimum Gasteiger partial charge on any atom is -0.494 e. The van der Waals surface area contributed by atoms with E-state index in [-0.39, 0.29) is 0 Å². The Hall–Kier alpha value is -1.97. The molecule has 0 aliphatic rings. The van der Waals surface area contributed by atoms with Crippen molar-refractivity contribution in [3.05, 3.63) is 30.6 Å². The van der Waals surface area contributed by atoms with Crippen molar-refractivity contribution < 1.29 is 9.47 Å². The summed E-state index contributed by atoms with van der Waals surface area (Å²) in [6.07, 6.45) is 3.78. The quantitative estimate of drug-likeness (QED) is 0.799. The molecule has 0 fully saturated rings. The number of imidazole rings is 1. The lowest BCUT2D eigenvalue weighted by atomic mass is 10.1. The maximum absolute atomic E-state index is 5.71. The summed E-state index contributed by atoms with van der Waals surface area (Å²) in [6, 6.07) is 5.89. The Labute approximate surface area is 114 Å². The molecule has 102 valence electrons. The molecule has 0 saturated carbocycles. The van der Waals surface area contributed by atoms with Gasteiger partial charge in [0, 0.05) is 25.0 Å². The van der Waals surface area contributed by atoms with Gasteiger partial charge in [-0.3, -0.25) is 0 Å². The molecular weight excluding hydrogens is 240 g/mol. The number of hydrogen-bond acceptors (Lipinski definition) is 3. The number of nitrogens with zero attached hydrogens (tertiary/aromatic N) is 2. The molecule has 0 saturated heterocycles. The van der Waals surface area contributed by atoms with Crippen molar-refractivity contribution in [1.29, 1.82) is 0 Å². The lowest BCUT2D eigenvalue weighted by molar-refractivity contribution is 0.324. The van der Waals surface area contributed by atoms with E-state index in [1.807, 2.05) is 44.4 Å². The van der Waals surface area contributed by atoms with Gasteiger partial charge in [0.1, 0.15) is 17.3 Å². The predicted octanol–water partition coefficient (Wildman–Crippen LogP) is 3.37. The van der Waals surface area contributed by atoms with Crippen LogP contribution >= 0.6 is 0 Å². The molecule has 0 bridgehead atoms. The molecule has 0 N–H and O–H groups in total. The summed E-state index contributed by atoms with van der Waals surface area (Å²) in [7, 11) is 0. The van der Waals surface area contributed by atoms with Crippen LogP contribution < -0.4 is 9.47 Å². The zero-order chi connectivity index (χ0) is 13.7. The van der Waals surface area contributed by atoms with Gasteiger partial charge in [-0.25, -0.2) is 4.98 Å². The van der Waals surface area contributed by atoms with E-state index in [0.717, 1.165) is 29.4 Å². The van der Waals surface area contributed by atoms with Crippen molar-refractivity contribution in [3.8, 4) is 22.9 Å². The van der Waals surface area contributed by atoms with Gasteiger partial charge in [-0.2, -0.15) is 0 Å². The molecule has 1 aromatic carbocycles. The summed E-state index contributed by atoms with van der Waals surface area (Å²) >= 11 is 0. The normalized spacial score (nSPS) is 10.5. The van der Waals surface area contributed by atoms with Gasteiger partial charge in [0.2, 0.25) is 0 Å². The van der Waals surface area contributed by atoms with Crippen LogP contribution in [0.15, 0.2) is 30.6 Å². The Morgan fingerprint density at radius 1 is 1.11 bits per heavy atom. The van der Waals surface area contributed by atoms with Gasteiger partial charge in [-0.1, -0.05) is 0 Å². The second-order valence-corrected chi connectivity index (χ2v) is 4.06. The highest BCUT2D eigenvalue weighted by Gasteiger charge is 2.12. The van der Waals surface area contributed by atoms with Crippen LogP contribution in [0.2, 0.25) is 0 Å². The summed E-state index contributed by atoms with van der Waals surface area (Å²) in [5, 5.41) is 0. The molecule has 0 amide bonds. The van der Waals surface area contributed by atoms with Crippen molar-refractivity contribution in [1.82, 2.24) is 9.55 Å². The van der Waals surface area contributed by atoms with Gasteiger partial charge in [-0.15, -0.1) is 0 Å². The van der Waals surface area contributed by atoms with Crippen molar-refractivity contribution in [2.75, 3.05) is 13.2 Å². The Bertz CT molecular complexity index is 535. The average Bonchev–Trinajstić information content (AvgIpc) is 2.88. The molecule has 19 heavy (non-hydrogen) atoms. The Kier molecular flexibility index (Phi) is 4.44. The van der Waals surface area contributed by atoms with Crippen LogP contribution in [0.3, 0.4) is 0 Å². The van der Waals surface area contributed by atoms with Crippen LogP contribution in [0.25, 0.3) is 11.4 Å². The Balaban J connectivity index is 2.44. The summed E-state index contributed by atoms with van der Waals surface area (Å²) in [4.78, 5) is 4.42. The lowest BCUT2D eigenvalue weighted by Crippen LogP contribution is -2.01. The van der Waals surface area contributed by atoms with Crippen LogP contribution in [-0.4, -0.2) is 22.8 Å². The molecule has 0 aliphatic heterocycles. The van der Waals surface area contributed by atoms with Crippen molar-refractivity contribution in [2.45, 2.75) is 27.3 Å². The maximum atomic E-state index is 5.71. The zero-order valence-corrected chi connectivity index (χ0v) is 11.7. The topological polar surface area (TPSA) is 36.3 Å². The summed E-state index contributed by atoms with van der Waals surface area (Å²) in [6.45, 7) is 8.19. The fourth-order valence-corrected chi connectivity index (χ4v) is 2.03. The summed E-state index contributed by atoms with van der Waals surface area (Å²) in [5.41, 5.74) is 0.997. The molecule has 0 spiro atoms. The Morgan fingerprint density at radius 3 is 2.58 bits per heavy atom. The van der Waals surface area contributed by atoms with E-state index in [9.17, 15) is 0 Å². The highest BCUT2D eigenvalue weighted by Crippen LogP contribution is 2.32. The Morgan fingerprint density at radius 2 is 1.89 bits per heavy atom. The molecule has 4 heteroatoms. The third-order valence-corrected chi connectivity index (χ3v) is 2.86. The van der Waals surface area contributed by atoms with Gasteiger partial charge in [0.25, 0.3) is 0 Å². The van der Waals surface area contributed by atoms with Gasteiger partial charge in [0.15, 0.2) is 0 Å². The minimum atomic E-state index is 0.620. The van der Waals surface area contributed by atoms with Crippen LogP contribution in [0, 0.1) is 0 Å². The second-order valence-electron chi connectivity index (χ2n) is 4.06. The van der Waals surface area contributed by atoms with Crippen LogP contribution in [0.5, 0.6) is 11.5 Å². The summed E-state index contributed by atoms with van der Waals surface area (Å²) < 4.78 is 13.3. The monoisotopic (exact) mass is 260 g/mol. The first-order valence-electron chi connectivity index (χ1n) is 6.71. The molecule has 0 aliphatic carbocycles. The molecule has 1 aromatic heterocycles. The van der Waals surface area contributed by atoms with E-state index in [2.05, 4.69) is 16.5 Å². The van der Waals surface area contributed by atoms with Crippen LogP contribution in [-0.2, 0) is 6.54 Å². The molecule has 0 atom stereocenters. The van der Waals surface area contributed by atoms with Gasteiger partial charge in [0.05, 0.1) is 18.8 Å². The minimum absolute atomic E-state index is 0.620. The zero-order valence-electron chi connectivity index (χ0n) is 11.7. The maximum Gasteiger partial charge on any atom is 0.143 e. The number of hydrogen-bond donors (Lipinski definition) is 0. The number of aromatic nitrogens is 2. The van der Waals surface area contributed by atoms with E-state index in [1.54, 1.807) is 0 Å². The molecular formula is C15H20N2O2. The molecule has 2 rings (SSSR count). The lowest BCUT2D eigenvalue weighted by Gasteiger charge is -2.13. The van der Waals surface area contributed by atoms with Gasteiger partial charge < -0.3 is 14.0 Å².